The SMILES string of the molecule is CC(C)N1CCC(Oc2ccc(Cl)nc2)CC1. The lowest BCUT2D eigenvalue weighted by Crippen LogP contribution is -2.41. The highest BCUT2D eigenvalue weighted by atomic mass is 35.5. The number of aromatic nitrogens is 1. The standard InChI is InChI=1S/C13H19ClN2O/c1-10(2)16-7-5-11(6-8-16)17-12-3-4-13(14)15-9-12/h3-4,9-11H,5-8H2,1-2H3. The third-order valence-corrected chi connectivity index (χ3v) is 3.43. The van der Waals surface area contributed by atoms with Gasteiger partial charge in [-0.25, -0.2) is 4.98 Å². The van der Waals surface area contributed by atoms with Gasteiger partial charge in [0.1, 0.15) is 17.0 Å². The molecule has 0 radical (unpaired) electrons. The lowest BCUT2D eigenvalue weighted by Gasteiger charge is -2.34. The molecule has 0 N–H and O–H groups in total. The van der Waals surface area contributed by atoms with Gasteiger partial charge in [0.15, 0.2) is 0 Å². The lowest BCUT2D eigenvalue weighted by atomic mass is 10.1. The molecule has 2 rings (SSSR count). The van der Waals surface area contributed by atoms with E-state index in [4.69, 9.17) is 16.3 Å². The fourth-order valence-electron chi connectivity index (χ4n) is 2.13. The monoisotopic (exact) mass is 254 g/mol. The summed E-state index contributed by atoms with van der Waals surface area (Å²) in [5.41, 5.74) is 0. The van der Waals surface area contributed by atoms with E-state index >= 15 is 0 Å². The van der Waals surface area contributed by atoms with Crippen molar-refractivity contribution in [1.82, 2.24) is 9.88 Å². The summed E-state index contributed by atoms with van der Waals surface area (Å²) >= 11 is 5.74. The molecule has 0 aliphatic carbocycles. The van der Waals surface area contributed by atoms with Crippen LogP contribution >= 0.6 is 11.6 Å². The van der Waals surface area contributed by atoms with Crippen LogP contribution in [0.5, 0.6) is 5.75 Å². The topological polar surface area (TPSA) is 25.4 Å². The second-order valence-corrected chi connectivity index (χ2v) is 5.15. The van der Waals surface area contributed by atoms with Gasteiger partial charge in [-0.3, -0.25) is 0 Å². The van der Waals surface area contributed by atoms with Crippen molar-refractivity contribution in [3.05, 3.63) is 23.5 Å². The number of piperidine rings is 1. The molecule has 2 heterocycles. The molecule has 1 aromatic heterocycles. The summed E-state index contributed by atoms with van der Waals surface area (Å²) in [5.74, 6) is 0.817. The van der Waals surface area contributed by atoms with Gasteiger partial charge >= 0.3 is 0 Å². The maximum absolute atomic E-state index is 5.89. The van der Waals surface area contributed by atoms with Crippen molar-refractivity contribution < 1.29 is 4.74 Å². The predicted molar refractivity (Wildman–Crippen MR) is 69.6 cm³/mol. The first kappa shape index (κ1) is 12.7. The molecule has 94 valence electrons. The smallest absolute Gasteiger partial charge is 0.138 e. The van der Waals surface area contributed by atoms with E-state index in [-0.39, 0.29) is 0 Å². The number of rotatable bonds is 3. The molecule has 0 spiro atoms. The van der Waals surface area contributed by atoms with Crippen LogP contribution in [0.3, 0.4) is 0 Å². The zero-order valence-electron chi connectivity index (χ0n) is 10.4. The van der Waals surface area contributed by atoms with E-state index in [2.05, 4.69) is 23.7 Å². The lowest BCUT2D eigenvalue weighted by molar-refractivity contribution is 0.0841. The minimum atomic E-state index is 0.313. The largest absolute Gasteiger partial charge is 0.489 e. The van der Waals surface area contributed by atoms with Gasteiger partial charge < -0.3 is 9.64 Å². The van der Waals surface area contributed by atoms with Gasteiger partial charge in [0, 0.05) is 19.1 Å². The number of hydrogen-bond donors (Lipinski definition) is 0. The van der Waals surface area contributed by atoms with Gasteiger partial charge in [-0.2, -0.15) is 0 Å². The Balaban J connectivity index is 1.84. The molecule has 0 bridgehead atoms. The first-order chi connectivity index (χ1) is 8.15. The van der Waals surface area contributed by atoms with Gasteiger partial charge in [0.05, 0.1) is 6.20 Å². The normalized spacial score (nSPS) is 18.6. The molecule has 0 aromatic carbocycles. The Labute approximate surface area is 108 Å². The number of nitrogens with zero attached hydrogens (tertiary/aromatic N) is 2. The molecule has 3 nitrogen and oxygen atoms in total. The van der Waals surface area contributed by atoms with E-state index in [1.807, 2.05) is 6.07 Å². The molecular weight excluding hydrogens is 236 g/mol. The van der Waals surface area contributed by atoms with Crippen molar-refractivity contribution in [2.45, 2.75) is 38.8 Å². The van der Waals surface area contributed by atoms with Crippen LogP contribution in [0.1, 0.15) is 26.7 Å². The molecule has 1 saturated heterocycles. The van der Waals surface area contributed by atoms with Gasteiger partial charge in [0.2, 0.25) is 0 Å². The molecule has 17 heavy (non-hydrogen) atoms. The summed E-state index contributed by atoms with van der Waals surface area (Å²) in [6.45, 7) is 6.71. The average molecular weight is 255 g/mol. The Morgan fingerprint density at radius 3 is 2.59 bits per heavy atom. The van der Waals surface area contributed by atoms with E-state index in [0.717, 1.165) is 31.7 Å². The predicted octanol–water partition coefficient (Wildman–Crippen LogP) is 2.99. The minimum Gasteiger partial charge on any atom is -0.489 e. The number of ether oxygens (including phenoxy) is 1. The molecule has 0 saturated carbocycles. The summed E-state index contributed by atoms with van der Waals surface area (Å²) < 4.78 is 5.89. The summed E-state index contributed by atoms with van der Waals surface area (Å²) in [6.07, 6.45) is 4.17. The number of hydrogen-bond acceptors (Lipinski definition) is 3. The van der Waals surface area contributed by atoms with Crippen LogP contribution in [0.15, 0.2) is 18.3 Å². The Kier molecular flexibility index (Phi) is 4.24. The molecule has 1 aliphatic heterocycles. The van der Waals surface area contributed by atoms with Crippen LogP contribution in [0.25, 0.3) is 0 Å². The van der Waals surface area contributed by atoms with Crippen LogP contribution in [-0.4, -0.2) is 35.1 Å². The van der Waals surface area contributed by atoms with Gasteiger partial charge in [-0.1, -0.05) is 11.6 Å². The van der Waals surface area contributed by atoms with Crippen LogP contribution in [0.4, 0.5) is 0 Å². The number of pyridine rings is 1. The van der Waals surface area contributed by atoms with Crippen LogP contribution in [-0.2, 0) is 0 Å². The van der Waals surface area contributed by atoms with Crippen molar-refractivity contribution in [3.8, 4) is 5.75 Å². The summed E-state index contributed by atoms with van der Waals surface area (Å²) in [4.78, 5) is 6.50. The number of likely N-dealkylation sites (tertiary alicyclic amines) is 1. The van der Waals surface area contributed by atoms with E-state index < -0.39 is 0 Å². The van der Waals surface area contributed by atoms with E-state index in [0.29, 0.717) is 17.3 Å². The van der Waals surface area contributed by atoms with Crippen molar-refractivity contribution in [1.29, 1.82) is 0 Å². The zero-order chi connectivity index (χ0) is 12.3. The van der Waals surface area contributed by atoms with Crippen molar-refractivity contribution >= 4 is 11.6 Å². The number of halogens is 1. The summed E-state index contributed by atoms with van der Waals surface area (Å²) in [6, 6.07) is 4.28. The van der Waals surface area contributed by atoms with Crippen molar-refractivity contribution in [3.63, 3.8) is 0 Å². The molecule has 4 heteroatoms. The van der Waals surface area contributed by atoms with Crippen LogP contribution in [0, 0.1) is 0 Å². The fraction of sp³-hybridized carbons (Fsp3) is 0.615. The summed E-state index contributed by atoms with van der Waals surface area (Å²) in [5, 5.41) is 0.506. The second kappa shape index (κ2) is 5.69. The van der Waals surface area contributed by atoms with Gasteiger partial charge in [-0.15, -0.1) is 0 Å². The third-order valence-electron chi connectivity index (χ3n) is 3.21. The quantitative estimate of drug-likeness (QED) is 0.776. The van der Waals surface area contributed by atoms with Gasteiger partial charge in [0.25, 0.3) is 0 Å². The highest BCUT2D eigenvalue weighted by Gasteiger charge is 2.21. The molecule has 0 atom stereocenters. The molecule has 1 aliphatic rings. The molecule has 0 unspecified atom stereocenters. The van der Waals surface area contributed by atoms with Crippen molar-refractivity contribution in [2.24, 2.45) is 0 Å². The Hall–Kier alpha value is -0.800. The zero-order valence-corrected chi connectivity index (χ0v) is 11.2. The Bertz CT molecular complexity index is 345. The average Bonchev–Trinajstić information content (AvgIpc) is 2.33. The molecule has 1 aromatic rings. The van der Waals surface area contributed by atoms with E-state index in [1.54, 1.807) is 12.3 Å². The van der Waals surface area contributed by atoms with Crippen LogP contribution in [0.2, 0.25) is 5.15 Å². The van der Waals surface area contributed by atoms with Crippen molar-refractivity contribution in [2.75, 3.05) is 13.1 Å². The first-order valence-corrected chi connectivity index (χ1v) is 6.55. The maximum Gasteiger partial charge on any atom is 0.138 e. The minimum absolute atomic E-state index is 0.313. The van der Waals surface area contributed by atoms with Gasteiger partial charge in [-0.05, 0) is 38.8 Å². The van der Waals surface area contributed by atoms with E-state index in [1.165, 1.54) is 0 Å². The summed E-state index contributed by atoms with van der Waals surface area (Å²) in [7, 11) is 0. The third kappa shape index (κ3) is 3.58. The first-order valence-electron chi connectivity index (χ1n) is 6.17. The molecule has 1 fully saturated rings. The molecule has 0 amide bonds. The second-order valence-electron chi connectivity index (χ2n) is 4.76. The maximum atomic E-state index is 5.89. The Morgan fingerprint density at radius 1 is 1.35 bits per heavy atom. The van der Waals surface area contributed by atoms with E-state index in [9.17, 15) is 0 Å². The molecular formula is C13H19ClN2O. The highest BCUT2D eigenvalue weighted by Crippen LogP contribution is 2.20. The Morgan fingerprint density at radius 2 is 2.06 bits per heavy atom. The van der Waals surface area contributed by atoms with Crippen LogP contribution < -0.4 is 4.74 Å². The fourth-order valence-corrected chi connectivity index (χ4v) is 2.25. The highest BCUT2D eigenvalue weighted by molar-refractivity contribution is 6.29.